The molecule has 2 atom stereocenters. The average Bonchev–Trinajstić information content (AvgIpc) is 2.27. The molecular formula is C17H29N. The minimum Gasteiger partial charge on any atom is -0.328 e. The molecule has 0 radical (unpaired) electrons. The Labute approximate surface area is 113 Å². The minimum absolute atomic E-state index is 0.221. The molecule has 0 fully saturated rings. The molecule has 0 aliphatic rings. The van der Waals surface area contributed by atoms with E-state index in [1.807, 2.05) is 0 Å². The third-order valence-corrected chi connectivity index (χ3v) is 4.43. The zero-order valence-electron chi connectivity index (χ0n) is 12.9. The normalized spacial score (nSPS) is 16.7. The van der Waals surface area contributed by atoms with Gasteiger partial charge in [0.2, 0.25) is 0 Å². The summed E-state index contributed by atoms with van der Waals surface area (Å²) in [7, 11) is 0. The van der Waals surface area contributed by atoms with Crippen LogP contribution in [0.1, 0.15) is 57.7 Å². The molecule has 1 rings (SSSR count). The van der Waals surface area contributed by atoms with E-state index >= 15 is 0 Å². The maximum absolute atomic E-state index is 6.00. The van der Waals surface area contributed by atoms with Crippen molar-refractivity contribution in [2.45, 2.75) is 65.8 Å². The van der Waals surface area contributed by atoms with E-state index in [2.05, 4.69) is 59.7 Å². The second-order valence-electron chi connectivity index (χ2n) is 6.27. The van der Waals surface area contributed by atoms with E-state index in [1.54, 1.807) is 0 Å². The molecule has 0 heterocycles. The van der Waals surface area contributed by atoms with Crippen LogP contribution in [-0.2, 0) is 11.8 Å². The summed E-state index contributed by atoms with van der Waals surface area (Å²) in [5.41, 5.74) is 10.5. The number of rotatable bonds is 5. The first-order valence-corrected chi connectivity index (χ1v) is 7.16. The molecule has 1 heteroatoms. The van der Waals surface area contributed by atoms with Crippen LogP contribution >= 0.6 is 0 Å². The largest absolute Gasteiger partial charge is 0.328 e. The van der Waals surface area contributed by atoms with Crippen molar-refractivity contribution in [3.8, 4) is 0 Å². The summed E-state index contributed by atoms with van der Waals surface area (Å²) in [6, 6.07) is 7.08. The van der Waals surface area contributed by atoms with E-state index < -0.39 is 0 Å². The Morgan fingerprint density at radius 2 is 1.83 bits per heavy atom. The molecule has 0 amide bonds. The lowest BCUT2D eigenvalue weighted by Gasteiger charge is -2.35. The minimum atomic E-state index is 0.221. The number of aryl methyl sites for hydroxylation is 1. The molecule has 0 aliphatic carbocycles. The van der Waals surface area contributed by atoms with E-state index in [9.17, 15) is 0 Å². The standard InChI is InChI=1S/C17H29N/c1-7-17(6,12(2)3)16-9-8-13(4)10-15(16)11-14(5)18/h8-10,12,14H,7,11,18H2,1-6H3. The fraction of sp³-hybridized carbons (Fsp3) is 0.647. The number of nitrogens with two attached hydrogens (primary N) is 1. The van der Waals surface area contributed by atoms with Gasteiger partial charge in [0.25, 0.3) is 0 Å². The van der Waals surface area contributed by atoms with Gasteiger partial charge in [-0.1, -0.05) is 51.5 Å². The molecule has 102 valence electrons. The topological polar surface area (TPSA) is 26.0 Å². The maximum Gasteiger partial charge on any atom is 0.00510 e. The van der Waals surface area contributed by atoms with E-state index in [0.29, 0.717) is 5.92 Å². The van der Waals surface area contributed by atoms with Crippen LogP contribution in [-0.4, -0.2) is 6.04 Å². The highest BCUT2D eigenvalue weighted by Crippen LogP contribution is 2.37. The van der Waals surface area contributed by atoms with Gasteiger partial charge in [0.15, 0.2) is 0 Å². The second-order valence-corrected chi connectivity index (χ2v) is 6.27. The zero-order chi connectivity index (χ0) is 13.9. The quantitative estimate of drug-likeness (QED) is 0.829. The van der Waals surface area contributed by atoms with Crippen molar-refractivity contribution in [2.24, 2.45) is 11.7 Å². The first-order valence-electron chi connectivity index (χ1n) is 7.16. The molecule has 0 saturated heterocycles. The lowest BCUT2D eigenvalue weighted by atomic mass is 9.69. The highest BCUT2D eigenvalue weighted by Gasteiger charge is 2.30. The predicted molar refractivity (Wildman–Crippen MR) is 81.0 cm³/mol. The summed E-state index contributed by atoms with van der Waals surface area (Å²) >= 11 is 0. The fourth-order valence-electron chi connectivity index (χ4n) is 2.71. The van der Waals surface area contributed by atoms with Crippen LogP contribution in [0.5, 0.6) is 0 Å². The molecule has 2 unspecified atom stereocenters. The highest BCUT2D eigenvalue weighted by atomic mass is 14.6. The zero-order valence-corrected chi connectivity index (χ0v) is 12.9. The number of hydrogen-bond acceptors (Lipinski definition) is 1. The molecule has 0 aromatic heterocycles. The third-order valence-electron chi connectivity index (χ3n) is 4.43. The lowest BCUT2D eigenvalue weighted by molar-refractivity contribution is 0.323. The van der Waals surface area contributed by atoms with Gasteiger partial charge in [0.1, 0.15) is 0 Å². The Morgan fingerprint density at radius 3 is 2.28 bits per heavy atom. The van der Waals surface area contributed by atoms with E-state index in [4.69, 9.17) is 5.73 Å². The molecule has 0 bridgehead atoms. The Morgan fingerprint density at radius 1 is 1.22 bits per heavy atom. The van der Waals surface area contributed by atoms with Crippen LogP contribution in [0.4, 0.5) is 0 Å². The average molecular weight is 247 g/mol. The summed E-state index contributed by atoms with van der Waals surface area (Å²) in [4.78, 5) is 0. The van der Waals surface area contributed by atoms with Gasteiger partial charge in [-0.3, -0.25) is 0 Å². The summed E-state index contributed by atoms with van der Waals surface area (Å²) < 4.78 is 0. The molecule has 0 aliphatic heterocycles. The smallest absolute Gasteiger partial charge is 0.00510 e. The van der Waals surface area contributed by atoms with Crippen molar-refractivity contribution in [1.82, 2.24) is 0 Å². The number of hydrogen-bond donors (Lipinski definition) is 1. The van der Waals surface area contributed by atoms with Gasteiger partial charge in [-0.25, -0.2) is 0 Å². The Balaban J connectivity index is 3.29. The summed E-state index contributed by atoms with van der Waals surface area (Å²) in [5, 5.41) is 0. The highest BCUT2D eigenvalue weighted by molar-refractivity contribution is 5.38. The number of benzene rings is 1. The van der Waals surface area contributed by atoms with Gasteiger partial charge >= 0.3 is 0 Å². The van der Waals surface area contributed by atoms with Crippen LogP contribution in [0.2, 0.25) is 0 Å². The Kier molecular flexibility index (Phi) is 4.98. The maximum atomic E-state index is 6.00. The van der Waals surface area contributed by atoms with E-state index in [-0.39, 0.29) is 11.5 Å². The molecule has 0 spiro atoms. The lowest BCUT2D eigenvalue weighted by Crippen LogP contribution is -2.30. The van der Waals surface area contributed by atoms with Crippen LogP contribution < -0.4 is 5.73 Å². The van der Waals surface area contributed by atoms with Crippen LogP contribution in [0.25, 0.3) is 0 Å². The predicted octanol–water partition coefficient (Wildman–Crippen LogP) is 4.21. The molecule has 1 aromatic carbocycles. The van der Waals surface area contributed by atoms with Crippen molar-refractivity contribution in [3.05, 3.63) is 34.9 Å². The van der Waals surface area contributed by atoms with Gasteiger partial charge in [0, 0.05) is 6.04 Å². The molecule has 1 nitrogen and oxygen atoms in total. The van der Waals surface area contributed by atoms with Crippen molar-refractivity contribution in [3.63, 3.8) is 0 Å². The molecule has 18 heavy (non-hydrogen) atoms. The van der Waals surface area contributed by atoms with Crippen LogP contribution in [0, 0.1) is 12.8 Å². The molecule has 0 saturated carbocycles. The van der Waals surface area contributed by atoms with Crippen molar-refractivity contribution in [2.75, 3.05) is 0 Å². The molecule has 1 aromatic rings. The first-order chi connectivity index (χ1) is 8.31. The van der Waals surface area contributed by atoms with Gasteiger partial charge in [-0.05, 0) is 49.1 Å². The molecular weight excluding hydrogens is 218 g/mol. The SMILES string of the molecule is CCC(C)(c1ccc(C)cc1CC(C)N)C(C)C. The monoisotopic (exact) mass is 247 g/mol. The van der Waals surface area contributed by atoms with E-state index in [1.165, 1.54) is 23.1 Å². The van der Waals surface area contributed by atoms with Gasteiger partial charge < -0.3 is 5.73 Å². The Bertz CT molecular complexity index is 393. The van der Waals surface area contributed by atoms with Gasteiger partial charge in [0.05, 0.1) is 0 Å². The molecule has 2 N–H and O–H groups in total. The van der Waals surface area contributed by atoms with Crippen LogP contribution in [0.3, 0.4) is 0 Å². The summed E-state index contributed by atoms with van der Waals surface area (Å²) in [6.07, 6.45) is 2.14. The van der Waals surface area contributed by atoms with Crippen molar-refractivity contribution >= 4 is 0 Å². The van der Waals surface area contributed by atoms with Crippen molar-refractivity contribution < 1.29 is 0 Å². The summed E-state index contributed by atoms with van der Waals surface area (Å²) in [5.74, 6) is 0.636. The fourth-order valence-corrected chi connectivity index (χ4v) is 2.71. The van der Waals surface area contributed by atoms with Crippen LogP contribution in [0.15, 0.2) is 18.2 Å². The van der Waals surface area contributed by atoms with E-state index in [0.717, 1.165) is 6.42 Å². The Hall–Kier alpha value is -0.820. The third kappa shape index (κ3) is 3.14. The first kappa shape index (κ1) is 15.2. The van der Waals surface area contributed by atoms with Gasteiger partial charge in [-0.2, -0.15) is 0 Å². The second kappa shape index (κ2) is 5.88. The summed E-state index contributed by atoms with van der Waals surface area (Å²) in [6.45, 7) is 13.6. The van der Waals surface area contributed by atoms with Gasteiger partial charge in [-0.15, -0.1) is 0 Å². The van der Waals surface area contributed by atoms with Crippen molar-refractivity contribution in [1.29, 1.82) is 0 Å².